The van der Waals surface area contributed by atoms with Crippen molar-refractivity contribution < 1.29 is 4.74 Å². The third kappa shape index (κ3) is 2.85. The van der Waals surface area contributed by atoms with Gasteiger partial charge in [0, 0.05) is 15.7 Å². The normalized spacial score (nSPS) is 10.4. The quantitative estimate of drug-likeness (QED) is 0.861. The van der Waals surface area contributed by atoms with E-state index in [0.29, 0.717) is 6.61 Å². The second-order valence-corrected chi connectivity index (χ2v) is 5.19. The Bertz CT molecular complexity index is 566. The lowest BCUT2D eigenvalue weighted by molar-refractivity contribution is 0.303. The molecule has 0 radical (unpaired) electrons. The van der Waals surface area contributed by atoms with Gasteiger partial charge in [0.2, 0.25) is 0 Å². The second-order valence-electron chi connectivity index (χ2n) is 4.34. The summed E-state index contributed by atoms with van der Waals surface area (Å²) in [5, 5.41) is 0. The molecule has 0 fully saturated rings. The zero-order chi connectivity index (χ0) is 13.1. The zero-order valence-electron chi connectivity index (χ0n) is 10.5. The first-order chi connectivity index (χ1) is 8.58. The Kier molecular flexibility index (Phi) is 3.92. The topological polar surface area (TPSA) is 35.2 Å². The summed E-state index contributed by atoms with van der Waals surface area (Å²) < 4.78 is 6.83. The van der Waals surface area contributed by atoms with Gasteiger partial charge in [0.25, 0.3) is 0 Å². The van der Waals surface area contributed by atoms with Crippen molar-refractivity contribution in [1.29, 1.82) is 0 Å². The van der Waals surface area contributed by atoms with Gasteiger partial charge in [-0.3, -0.25) is 0 Å². The van der Waals surface area contributed by atoms with Crippen molar-refractivity contribution in [2.75, 3.05) is 5.73 Å². The number of halogens is 1. The lowest BCUT2D eigenvalue weighted by atomic mass is 10.1. The molecule has 0 bridgehead atoms. The number of nitrogen functional groups attached to an aromatic ring is 1. The van der Waals surface area contributed by atoms with Crippen molar-refractivity contribution in [2.45, 2.75) is 20.5 Å². The highest BCUT2D eigenvalue weighted by Gasteiger charge is 2.04. The van der Waals surface area contributed by atoms with Crippen LogP contribution in [-0.2, 0) is 6.61 Å². The number of ether oxygens (including phenoxy) is 1. The third-order valence-corrected chi connectivity index (χ3v) is 3.75. The Morgan fingerprint density at radius 3 is 2.67 bits per heavy atom. The molecule has 0 atom stereocenters. The molecule has 0 heterocycles. The molecule has 0 aliphatic heterocycles. The van der Waals surface area contributed by atoms with Gasteiger partial charge in [0.15, 0.2) is 0 Å². The minimum Gasteiger partial charge on any atom is -0.489 e. The molecule has 2 nitrogen and oxygen atoms in total. The van der Waals surface area contributed by atoms with Gasteiger partial charge in [0.1, 0.15) is 12.4 Å². The average Bonchev–Trinajstić information content (AvgIpc) is 2.33. The molecule has 3 heteroatoms. The maximum Gasteiger partial charge on any atom is 0.122 e. The average molecular weight is 306 g/mol. The fourth-order valence-electron chi connectivity index (χ4n) is 1.72. The molecule has 0 aliphatic rings. The number of rotatable bonds is 3. The van der Waals surface area contributed by atoms with Crippen LogP contribution in [0.5, 0.6) is 5.75 Å². The van der Waals surface area contributed by atoms with E-state index in [1.807, 2.05) is 30.3 Å². The first-order valence-electron chi connectivity index (χ1n) is 5.81. The number of aryl methyl sites for hydroxylation is 1. The first kappa shape index (κ1) is 13.0. The summed E-state index contributed by atoms with van der Waals surface area (Å²) in [5.74, 6) is 0.929. The van der Waals surface area contributed by atoms with Crippen LogP contribution in [0.1, 0.15) is 16.7 Å². The predicted molar refractivity (Wildman–Crippen MR) is 78.8 cm³/mol. The number of benzene rings is 2. The molecular weight excluding hydrogens is 290 g/mol. The largest absolute Gasteiger partial charge is 0.489 e. The SMILES string of the molecule is Cc1cccc(OCc2ccc(N)cc2Br)c1C. The Balaban J connectivity index is 2.14. The summed E-state index contributed by atoms with van der Waals surface area (Å²) in [7, 11) is 0. The van der Waals surface area contributed by atoms with Gasteiger partial charge >= 0.3 is 0 Å². The van der Waals surface area contributed by atoms with E-state index < -0.39 is 0 Å². The molecule has 0 saturated heterocycles. The van der Waals surface area contributed by atoms with E-state index in [1.165, 1.54) is 11.1 Å². The van der Waals surface area contributed by atoms with Crippen molar-refractivity contribution >= 4 is 21.6 Å². The van der Waals surface area contributed by atoms with E-state index in [2.05, 4.69) is 35.8 Å². The Labute approximate surface area is 116 Å². The van der Waals surface area contributed by atoms with Crippen LogP contribution in [0.15, 0.2) is 40.9 Å². The maximum atomic E-state index is 5.85. The molecular formula is C15H16BrNO. The van der Waals surface area contributed by atoms with Gasteiger partial charge in [-0.2, -0.15) is 0 Å². The fraction of sp³-hybridized carbons (Fsp3) is 0.200. The summed E-state index contributed by atoms with van der Waals surface area (Å²) >= 11 is 3.49. The van der Waals surface area contributed by atoms with Crippen LogP contribution in [0.4, 0.5) is 5.69 Å². The molecule has 94 valence electrons. The van der Waals surface area contributed by atoms with Gasteiger partial charge in [-0.25, -0.2) is 0 Å². The molecule has 2 aromatic rings. The van der Waals surface area contributed by atoms with Gasteiger partial charge in [-0.05, 0) is 43.2 Å². The van der Waals surface area contributed by atoms with E-state index in [-0.39, 0.29) is 0 Å². The summed E-state index contributed by atoms with van der Waals surface area (Å²) in [5.41, 5.74) is 9.97. The summed E-state index contributed by atoms with van der Waals surface area (Å²) in [6.45, 7) is 4.69. The summed E-state index contributed by atoms with van der Waals surface area (Å²) in [6.07, 6.45) is 0. The molecule has 0 saturated carbocycles. The highest BCUT2D eigenvalue weighted by Crippen LogP contribution is 2.24. The lowest BCUT2D eigenvalue weighted by Crippen LogP contribution is -1.99. The molecule has 18 heavy (non-hydrogen) atoms. The van der Waals surface area contributed by atoms with Gasteiger partial charge < -0.3 is 10.5 Å². The summed E-state index contributed by atoms with van der Waals surface area (Å²) in [4.78, 5) is 0. The van der Waals surface area contributed by atoms with Gasteiger partial charge in [-0.15, -0.1) is 0 Å². The molecule has 0 unspecified atom stereocenters. The minimum atomic E-state index is 0.533. The summed E-state index contributed by atoms with van der Waals surface area (Å²) in [6, 6.07) is 11.8. The fourth-order valence-corrected chi connectivity index (χ4v) is 2.23. The lowest BCUT2D eigenvalue weighted by Gasteiger charge is -2.12. The number of hydrogen-bond donors (Lipinski definition) is 1. The van der Waals surface area contributed by atoms with Crippen LogP contribution in [-0.4, -0.2) is 0 Å². The smallest absolute Gasteiger partial charge is 0.122 e. The zero-order valence-corrected chi connectivity index (χ0v) is 12.1. The highest BCUT2D eigenvalue weighted by atomic mass is 79.9. The van der Waals surface area contributed by atoms with E-state index in [4.69, 9.17) is 10.5 Å². The minimum absolute atomic E-state index is 0.533. The van der Waals surface area contributed by atoms with E-state index in [9.17, 15) is 0 Å². The Morgan fingerprint density at radius 2 is 1.94 bits per heavy atom. The molecule has 2 aromatic carbocycles. The number of nitrogens with two attached hydrogens (primary N) is 1. The monoisotopic (exact) mass is 305 g/mol. The Morgan fingerprint density at radius 1 is 1.17 bits per heavy atom. The predicted octanol–water partition coefficient (Wildman–Crippen LogP) is 4.23. The third-order valence-electron chi connectivity index (χ3n) is 3.02. The van der Waals surface area contributed by atoms with E-state index in [0.717, 1.165) is 21.5 Å². The van der Waals surface area contributed by atoms with E-state index in [1.54, 1.807) is 0 Å². The maximum absolute atomic E-state index is 5.85. The Hall–Kier alpha value is -1.48. The standard InChI is InChI=1S/C15H16BrNO/c1-10-4-3-5-15(11(10)2)18-9-12-6-7-13(17)8-14(12)16/h3-8H,9,17H2,1-2H3. The number of hydrogen-bond acceptors (Lipinski definition) is 2. The highest BCUT2D eigenvalue weighted by molar-refractivity contribution is 9.10. The first-order valence-corrected chi connectivity index (χ1v) is 6.60. The van der Waals surface area contributed by atoms with Crippen LogP contribution in [0.3, 0.4) is 0 Å². The van der Waals surface area contributed by atoms with Crippen molar-refractivity contribution in [3.05, 3.63) is 57.6 Å². The van der Waals surface area contributed by atoms with Crippen LogP contribution in [0.2, 0.25) is 0 Å². The molecule has 0 amide bonds. The van der Waals surface area contributed by atoms with Crippen LogP contribution in [0.25, 0.3) is 0 Å². The van der Waals surface area contributed by atoms with Gasteiger partial charge in [0.05, 0.1) is 0 Å². The molecule has 2 rings (SSSR count). The van der Waals surface area contributed by atoms with Crippen molar-refractivity contribution in [3.63, 3.8) is 0 Å². The van der Waals surface area contributed by atoms with Crippen molar-refractivity contribution in [1.82, 2.24) is 0 Å². The second kappa shape index (κ2) is 5.44. The van der Waals surface area contributed by atoms with Crippen LogP contribution < -0.4 is 10.5 Å². The number of anilines is 1. The molecule has 0 aliphatic carbocycles. The molecule has 0 aromatic heterocycles. The van der Waals surface area contributed by atoms with E-state index >= 15 is 0 Å². The van der Waals surface area contributed by atoms with Gasteiger partial charge in [-0.1, -0.05) is 34.1 Å². The molecule has 2 N–H and O–H groups in total. The van der Waals surface area contributed by atoms with Crippen molar-refractivity contribution in [3.8, 4) is 5.75 Å². The van der Waals surface area contributed by atoms with Crippen molar-refractivity contribution in [2.24, 2.45) is 0 Å². The van der Waals surface area contributed by atoms with Crippen LogP contribution >= 0.6 is 15.9 Å². The van der Waals surface area contributed by atoms with Crippen LogP contribution in [0, 0.1) is 13.8 Å². The molecule has 0 spiro atoms.